The number of nitro groups is 1. The Morgan fingerprint density at radius 3 is 2.75 bits per heavy atom. The van der Waals surface area contributed by atoms with E-state index in [4.69, 9.17) is 4.74 Å². The molecule has 0 spiro atoms. The maximum Gasteiger partial charge on any atom is 0.292 e. The molecule has 1 aliphatic heterocycles. The molecule has 6 nitrogen and oxygen atoms in total. The molecule has 0 radical (unpaired) electrons. The number of nitrogens with one attached hydrogen (secondary N) is 1. The second-order valence-corrected chi connectivity index (χ2v) is 5.90. The zero-order valence-electron chi connectivity index (χ0n) is 13.2. The smallest absolute Gasteiger partial charge is 0.292 e. The molecular weight excluding hydrogens is 308 g/mol. The van der Waals surface area contributed by atoms with Gasteiger partial charge in [0.1, 0.15) is 5.69 Å². The number of hydrogen-bond donors (Lipinski definition) is 2. The van der Waals surface area contributed by atoms with Crippen LogP contribution in [0.4, 0.5) is 11.4 Å². The monoisotopic (exact) mass is 328 g/mol. The molecule has 3 rings (SSSR count). The summed E-state index contributed by atoms with van der Waals surface area (Å²) in [6.07, 6.45) is 1.51. The first-order valence-corrected chi connectivity index (χ1v) is 7.98. The highest BCUT2D eigenvalue weighted by Crippen LogP contribution is 2.32. The van der Waals surface area contributed by atoms with Crippen LogP contribution in [0.3, 0.4) is 0 Å². The van der Waals surface area contributed by atoms with Gasteiger partial charge >= 0.3 is 0 Å². The lowest BCUT2D eigenvalue weighted by atomic mass is 9.97. The van der Waals surface area contributed by atoms with E-state index in [0.29, 0.717) is 17.9 Å². The molecule has 1 fully saturated rings. The SMILES string of the molecule is O=[N+]([O-])c1ccc(CO)cc1NC1CCOC(c2ccccc2)C1. The molecule has 1 heterocycles. The van der Waals surface area contributed by atoms with Crippen LogP contribution in [0.5, 0.6) is 0 Å². The molecule has 0 bridgehead atoms. The Labute approximate surface area is 140 Å². The van der Waals surface area contributed by atoms with Crippen molar-refractivity contribution < 1.29 is 14.8 Å². The lowest BCUT2D eigenvalue weighted by Crippen LogP contribution is -2.30. The van der Waals surface area contributed by atoms with Gasteiger partial charge in [-0.15, -0.1) is 0 Å². The molecule has 2 atom stereocenters. The standard InChI is InChI=1S/C18H20N2O4/c21-12-13-6-7-17(20(22)23)16(10-13)19-15-8-9-24-18(11-15)14-4-2-1-3-5-14/h1-7,10,15,18-19,21H,8-9,11-12H2. The van der Waals surface area contributed by atoms with Crippen LogP contribution in [-0.2, 0) is 11.3 Å². The van der Waals surface area contributed by atoms with Crippen molar-refractivity contribution in [2.45, 2.75) is 31.6 Å². The van der Waals surface area contributed by atoms with Crippen molar-refractivity contribution in [2.24, 2.45) is 0 Å². The summed E-state index contributed by atoms with van der Waals surface area (Å²) in [5.74, 6) is 0. The van der Waals surface area contributed by atoms with Gasteiger partial charge in [0.15, 0.2) is 0 Å². The molecule has 126 valence electrons. The highest BCUT2D eigenvalue weighted by molar-refractivity contribution is 5.63. The Bertz CT molecular complexity index is 705. The lowest BCUT2D eigenvalue weighted by Gasteiger charge is -2.31. The fourth-order valence-electron chi connectivity index (χ4n) is 3.00. The molecule has 1 aliphatic rings. The number of nitro benzene ring substituents is 1. The van der Waals surface area contributed by atoms with Crippen LogP contribution in [0.15, 0.2) is 48.5 Å². The number of benzene rings is 2. The van der Waals surface area contributed by atoms with Gasteiger partial charge in [-0.25, -0.2) is 0 Å². The molecule has 24 heavy (non-hydrogen) atoms. The normalized spacial score (nSPS) is 20.5. The van der Waals surface area contributed by atoms with Crippen LogP contribution < -0.4 is 5.32 Å². The average Bonchev–Trinajstić information content (AvgIpc) is 2.62. The van der Waals surface area contributed by atoms with Gasteiger partial charge in [0, 0.05) is 18.7 Å². The third kappa shape index (κ3) is 3.72. The number of aliphatic hydroxyl groups is 1. The van der Waals surface area contributed by atoms with Crippen molar-refractivity contribution in [3.63, 3.8) is 0 Å². The van der Waals surface area contributed by atoms with E-state index < -0.39 is 4.92 Å². The quantitative estimate of drug-likeness (QED) is 0.649. The Kier molecular flexibility index (Phi) is 5.08. The second-order valence-electron chi connectivity index (χ2n) is 5.90. The number of nitrogens with zero attached hydrogens (tertiary/aromatic N) is 1. The van der Waals surface area contributed by atoms with E-state index in [-0.39, 0.29) is 24.4 Å². The van der Waals surface area contributed by atoms with Crippen LogP contribution in [0.2, 0.25) is 0 Å². The van der Waals surface area contributed by atoms with Crippen LogP contribution in [0.1, 0.15) is 30.1 Å². The molecule has 0 aliphatic carbocycles. The first kappa shape index (κ1) is 16.4. The van der Waals surface area contributed by atoms with Crippen LogP contribution in [-0.4, -0.2) is 22.7 Å². The zero-order chi connectivity index (χ0) is 16.9. The van der Waals surface area contributed by atoms with Crippen molar-refractivity contribution in [1.29, 1.82) is 0 Å². The van der Waals surface area contributed by atoms with E-state index in [1.165, 1.54) is 6.07 Å². The van der Waals surface area contributed by atoms with E-state index >= 15 is 0 Å². The van der Waals surface area contributed by atoms with Crippen molar-refractivity contribution in [3.8, 4) is 0 Å². The molecule has 2 unspecified atom stereocenters. The minimum Gasteiger partial charge on any atom is -0.392 e. The van der Waals surface area contributed by atoms with E-state index in [0.717, 1.165) is 18.4 Å². The molecule has 0 aromatic heterocycles. The van der Waals surface area contributed by atoms with E-state index in [1.54, 1.807) is 12.1 Å². The van der Waals surface area contributed by atoms with Gasteiger partial charge in [0.25, 0.3) is 5.69 Å². The van der Waals surface area contributed by atoms with Crippen LogP contribution in [0, 0.1) is 10.1 Å². The van der Waals surface area contributed by atoms with E-state index in [2.05, 4.69) is 5.32 Å². The summed E-state index contributed by atoms with van der Waals surface area (Å²) in [4.78, 5) is 10.8. The maximum atomic E-state index is 11.2. The van der Waals surface area contributed by atoms with Crippen molar-refractivity contribution in [2.75, 3.05) is 11.9 Å². The molecule has 1 saturated heterocycles. The zero-order valence-corrected chi connectivity index (χ0v) is 13.2. The first-order chi connectivity index (χ1) is 11.7. The predicted octanol–water partition coefficient (Wildman–Crippen LogP) is 3.42. The minimum absolute atomic E-state index is 0.0162. The second kappa shape index (κ2) is 7.42. The number of rotatable bonds is 5. The largest absolute Gasteiger partial charge is 0.392 e. The van der Waals surface area contributed by atoms with Gasteiger partial charge in [0.05, 0.1) is 17.6 Å². The van der Waals surface area contributed by atoms with E-state index in [1.807, 2.05) is 30.3 Å². The van der Waals surface area contributed by atoms with E-state index in [9.17, 15) is 15.2 Å². The Morgan fingerprint density at radius 1 is 1.25 bits per heavy atom. The average molecular weight is 328 g/mol. The Balaban J connectivity index is 1.77. The number of hydrogen-bond acceptors (Lipinski definition) is 5. The molecule has 2 aromatic rings. The summed E-state index contributed by atoms with van der Waals surface area (Å²) >= 11 is 0. The fraction of sp³-hybridized carbons (Fsp3) is 0.333. The third-order valence-corrected chi connectivity index (χ3v) is 4.26. The molecule has 2 aromatic carbocycles. The summed E-state index contributed by atoms with van der Waals surface area (Å²) in [6, 6.07) is 14.7. The molecule has 0 saturated carbocycles. The topological polar surface area (TPSA) is 84.6 Å². The highest BCUT2D eigenvalue weighted by Gasteiger charge is 2.25. The minimum atomic E-state index is -0.405. The Morgan fingerprint density at radius 2 is 2.04 bits per heavy atom. The Hall–Kier alpha value is -2.44. The fourth-order valence-corrected chi connectivity index (χ4v) is 3.00. The summed E-state index contributed by atoms with van der Waals surface area (Å²) < 4.78 is 5.84. The van der Waals surface area contributed by atoms with Crippen molar-refractivity contribution >= 4 is 11.4 Å². The third-order valence-electron chi connectivity index (χ3n) is 4.26. The van der Waals surface area contributed by atoms with Gasteiger partial charge in [-0.2, -0.15) is 0 Å². The van der Waals surface area contributed by atoms with Crippen molar-refractivity contribution in [3.05, 3.63) is 69.8 Å². The van der Waals surface area contributed by atoms with Gasteiger partial charge in [-0.1, -0.05) is 30.3 Å². The van der Waals surface area contributed by atoms with Gasteiger partial charge in [-0.05, 0) is 36.1 Å². The number of aliphatic hydroxyl groups excluding tert-OH is 1. The van der Waals surface area contributed by atoms with Gasteiger partial charge < -0.3 is 15.2 Å². The van der Waals surface area contributed by atoms with Crippen LogP contribution >= 0.6 is 0 Å². The van der Waals surface area contributed by atoms with Gasteiger partial charge in [0.2, 0.25) is 0 Å². The number of ether oxygens (including phenoxy) is 1. The van der Waals surface area contributed by atoms with Gasteiger partial charge in [-0.3, -0.25) is 10.1 Å². The predicted molar refractivity (Wildman–Crippen MR) is 90.8 cm³/mol. The summed E-state index contributed by atoms with van der Waals surface area (Å²) in [6.45, 7) is 0.456. The molecular formula is C18H20N2O4. The molecule has 6 heteroatoms. The first-order valence-electron chi connectivity index (χ1n) is 7.98. The van der Waals surface area contributed by atoms with Crippen molar-refractivity contribution in [1.82, 2.24) is 0 Å². The summed E-state index contributed by atoms with van der Waals surface area (Å²) in [7, 11) is 0. The van der Waals surface area contributed by atoms with Crippen LogP contribution in [0.25, 0.3) is 0 Å². The molecule has 2 N–H and O–H groups in total. The molecule has 0 amide bonds. The summed E-state index contributed by atoms with van der Waals surface area (Å²) in [5.41, 5.74) is 2.23. The highest BCUT2D eigenvalue weighted by atomic mass is 16.6. The summed E-state index contributed by atoms with van der Waals surface area (Å²) in [5, 5.41) is 23.8. The maximum absolute atomic E-state index is 11.2. The number of anilines is 1. The lowest BCUT2D eigenvalue weighted by molar-refractivity contribution is -0.384.